The number of rotatable bonds is 3. The van der Waals surface area contributed by atoms with Crippen molar-refractivity contribution in [3.63, 3.8) is 0 Å². The monoisotopic (exact) mass is 494 g/mol. The van der Waals surface area contributed by atoms with Gasteiger partial charge in [-0.25, -0.2) is 8.42 Å². The Morgan fingerprint density at radius 3 is 2.50 bits per heavy atom. The van der Waals surface area contributed by atoms with E-state index in [1.807, 2.05) is 38.1 Å². The van der Waals surface area contributed by atoms with Crippen LogP contribution in [-0.2, 0) is 14.8 Å². The van der Waals surface area contributed by atoms with Crippen molar-refractivity contribution in [2.24, 2.45) is 0 Å². The maximum absolute atomic E-state index is 13.5. The maximum atomic E-state index is 13.5. The number of nitrogens with zero attached hydrogens (tertiary/aromatic N) is 2. The van der Waals surface area contributed by atoms with E-state index in [2.05, 4.69) is 6.92 Å². The van der Waals surface area contributed by atoms with Crippen molar-refractivity contribution in [1.29, 1.82) is 0 Å². The van der Waals surface area contributed by atoms with E-state index < -0.39 is 10.0 Å². The number of sulfonamides is 1. The van der Waals surface area contributed by atoms with Crippen LogP contribution in [0.1, 0.15) is 37.6 Å². The molecular weight excluding hydrogens is 468 g/mol. The lowest BCUT2D eigenvalue weighted by atomic mass is 10.1. The Bertz CT molecular complexity index is 1110. The predicted molar refractivity (Wildman–Crippen MR) is 128 cm³/mol. The van der Waals surface area contributed by atoms with Gasteiger partial charge in [0.1, 0.15) is 4.90 Å². The lowest BCUT2D eigenvalue weighted by Crippen LogP contribution is -2.48. The summed E-state index contributed by atoms with van der Waals surface area (Å²) in [6, 6.07) is 12.3. The molecule has 2 aromatic rings. The van der Waals surface area contributed by atoms with Gasteiger partial charge in [0, 0.05) is 35.3 Å². The Balaban J connectivity index is 1.69. The molecular formula is C23H27ClN2O4S2. The fourth-order valence-corrected chi connectivity index (χ4v) is 7.36. The number of ether oxygens (including phenoxy) is 1. The fourth-order valence-electron chi connectivity index (χ4n) is 4.15. The number of hydrogen-bond acceptors (Lipinski definition) is 5. The molecule has 9 heteroatoms. The van der Waals surface area contributed by atoms with Crippen LogP contribution in [0.25, 0.3) is 0 Å². The largest absolute Gasteiger partial charge is 0.373 e. The number of hydrogen-bond donors (Lipinski definition) is 0. The van der Waals surface area contributed by atoms with E-state index in [-0.39, 0.29) is 41.1 Å². The van der Waals surface area contributed by atoms with Gasteiger partial charge in [0.25, 0.3) is 5.91 Å². The smallest absolute Gasteiger partial charge is 0.258 e. The molecule has 2 aromatic carbocycles. The second-order valence-corrected chi connectivity index (χ2v) is 12.2. The second kappa shape index (κ2) is 9.35. The molecule has 3 atom stereocenters. The molecule has 0 spiro atoms. The van der Waals surface area contributed by atoms with Crippen LogP contribution in [0.3, 0.4) is 0 Å². The van der Waals surface area contributed by atoms with Crippen LogP contribution in [0.5, 0.6) is 0 Å². The predicted octanol–water partition coefficient (Wildman–Crippen LogP) is 4.67. The van der Waals surface area contributed by atoms with Gasteiger partial charge >= 0.3 is 0 Å². The van der Waals surface area contributed by atoms with Gasteiger partial charge in [0.05, 0.1) is 22.9 Å². The van der Waals surface area contributed by atoms with Crippen LogP contribution in [0.4, 0.5) is 5.69 Å². The molecule has 2 aliphatic rings. The van der Waals surface area contributed by atoms with Crippen LogP contribution < -0.4 is 4.90 Å². The van der Waals surface area contributed by atoms with Crippen molar-refractivity contribution in [1.82, 2.24) is 4.31 Å². The fraction of sp³-hybridized carbons (Fsp3) is 0.435. The first-order chi connectivity index (χ1) is 15.2. The number of fused-ring (bicyclic) bond motifs is 1. The summed E-state index contributed by atoms with van der Waals surface area (Å²) < 4.78 is 33.9. The van der Waals surface area contributed by atoms with Crippen molar-refractivity contribution in [3.8, 4) is 0 Å². The Morgan fingerprint density at radius 1 is 1.09 bits per heavy atom. The standard InChI is InChI=1S/C23H27ClN2O4S2/c1-15-13-25(14-16(2)30-15)32(28,29)22-12-18(8-9-19(22)24)23(27)26-11-10-17(3)31-21-7-5-4-6-20(21)26/h4-9,12,15-17H,10-11,13-14H2,1-3H3. The van der Waals surface area contributed by atoms with Crippen LogP contribution in [0, 0.1) is 0 Å². The highest BCUT2D eigenvalue weighted by atomic mass is 35.5. The summed E-state index contributed by atoms with van der Waals surface area (Å²) in [5.74, 6) is -0.232. The molecule has 0 radical (unpaired) electrons. The number of halogens is 1. The quantitative estimate of drug-likeness (QED) is 0.620. The molecule has 1 saturated heterocycles. The summed E-state index contributed by atoms with van der Waals surface area (Å²) >= 11 is 8.07. The van der Waals surface area contributed by atoms with E-state index in [1.54, 1.807) is 22.7 Å². The van der Waals surface area contributed by atoms with Gasteiger partial charge in [-0.3, -0.25) is 4.79 Å². The van der Waals surface area contributed by atoms with Crippen molar-refractivity contribution in [2.45, 2.75) is 54.4 Å². The maximum Gasteiger partial charge on any atom is 0.258 e. The molecule has 32 heavy (non-hydrogen) atoms. The van der Waals surface area contributed by atoms with Crippen LogP contribution >= 0.6 is 23.4 Å². The van der Waals surface area contributed by atoms with Gasteiger partial charge in [-0.2, -0.15) is 4.31 Å². The Kier molecular flexibility index (Phi) is 6.89. The molecule has 0 bridgehead atoms. The topological polar surface area (TPSA) is 66.9 Å². The van der Waals surface area contributed by atoms with E-state index >= 15 is 0 Å². The zero-order chi connectivity index (χ0) is 23.0. The van der Waals surface area contributed by atoms with E-state index in [0.717, 1.165) is 17.0 Å². The third kappa shape index (κ3) is 4.70. The van der Waals surface area contributed by atoms with Gasteiger partial charge in [-0.05, 0) is 50.6 Å². The zero-order valence-electron chi connectivity index (χ0n) is 18.3. The third-order valence-corrected chi connectivity index (χ3v) is 9.22. The number of para-hydroxylation sites is 1. The van der Waals surface area contributed by atoms with Crippen molar-refractivity contribution in [2.75, 3.05) is 24.5 Å². The van der Waals surface area contributed by atoms with Crippen LogP contribution in [-0.4, -0.2) is 55.7 Å². The Hall–Kier alpha value is -1.58. The third-order valence-electron chi connectivity index (χ3n) is 5.67. The molecule has 2 aliphatic heterocycles. The lowest BCUT2D eigenvalue weighted by molar-refractivity contribution is -0.0440. The minimum Gasteiger partial charge on any atom is -0.373 e. The summed E-state index contributed by atoms with van der Waals surface area (Å²) in [5.41, 5.74) is 1.15. The van der Waals surface area contributed by atoms with E-state index in [0.29, 0.717) is 17.4 Å². The van der Waals surface area contributed by atoms with Crippen molar-refractivity contribution >= 4 is 45.0 Å². The van der Waals surface area contributed by atoms with Gasteiger partial charge in [0.2, 0.25) is 10.0 Å². The minimum absolute atomic E-state index is 0.0443. The molecule has 2 heterocycles. The van der Waals surface area contributed by atoms with Gasteiger partial charge in [-0.1, -0.05) is 30.7 Å². The van der Waals surface area contributed by atoms with Crippen LogP contribution in [0.15, 0.2) is 52.3 Å². The zero-order valence-corrected chi connectivity index (χ0v) is 20.7. The average Bonchev–Trinajstić information content (AvgIpc) is 2.91. The Labute approximate surface area is 198 Å². The number of carbonyl (C=O) groups excluding carboxylic acids is 1. The number of morpholine rings is 1. The first kappa shape index (κ1) is 23.6. The number of carbonyl (C=O) groups is 1. The molecule has 172 valence electrons. The summed E-state index contributed by atoms with van der Waals surface area (Å²) in [6.45, 7) is 6.89. The highest BCUT2D eigenvalue weighted by Crippen LogP contribution is 2.38. The molecule has 0 aliphatic carbocycles. The first-order valence-corrected chi connectivity index (χ1v) is 13.4. The van der Waals surface area contributed by atoms with Crippen molar-refractivity contribution < 1.29 is 17.9 Å². The molecule has 0 N–H and O–H groups in total. The van der Waals surface area contributed by atoms with Gasteiger partial charge in [0.15, 0.2) is 0 Å². The normalized spacial score (nSPS) is 24.6. The van der Waals surface area contributed by atoms with Crippen LogP contribution in [0.2, 0.25) is 5.02 Å². The summed E-state index contributed by atoms with van der Waals surface area (Å²) in [5, 5.41) is 0.481. The lowest BCUT2D eigenvalue weighted by Gasteiger charge is -2.34. The SMILES string of the molecule is CC1CN(S(=O)(=O)c2cc(C(=O)N3CCC(C)Sc4ccccc43)ccc2Cl)CC(C)O1. The summed E-state index contributed by atoms with van der Waals surface area (Å²) in [7, 11) is -3.88. The second-order valence-electron chi connectivity index (χ2n) is 8.37. The summed E-state index contributed by atoms with van der Waals surface area (Å²) in [6.07, 6.45) is 0.406. The Morgan fingerprint density at radius 2 is 1.78 bits per heavy atom. The van der Waals surface area contributed by atoms with Gasteiger partial charge in [-0.15, -0.1) is 11.8 Å². The van der Waals surface area contributed by atoms with E-state index in [4.69, 9.17) is 16.3 Å². The number of amides is 1. The van der Waals surface area contributed by atoms with E-state index in [9.17, 15) is 13.2 Å². The molecule has 3 unspecified atom stereocenters. The molecule has 4 rings (SSSR count). The molecule has 0 saturated carbocycles. The van der Waals surface area contributed by atoms with Gasteiger partial charge < -0.3 is 9.64 Å². The number of benzene rings is 2. The molecule has 6 nitrogen and oxygen atoms in total. The average molecular weight is 495 g/mol. The van der Waals surface area contributed by atoms with E-state index in [1.165, 1.54) is 16.4 Å². The first-order valence-electron chi connectivity index (χ1n) is 10.7. The number of thioether (sulfide) groups is 1. The molecule has 1 amide bonds. The molecule has 1 fully saturated rings. The van der Waals surface area contributed by atoms with Crippen molar-refractivity contribution in [3.05, 3.63) is 53.1 Å². The highest BCUT2D eigenvalue weighted by Gasteiger charge is 2.34. The minimum atomic E-state index is -3.88. The summed E-state index contributed by atoms with van der Waals surface area (Å²) in [4.78, 5) is 16.3. The molecule has 0 aromatic heterocycles. The number of anilines is 1. The highest BCUT2D eigenvalue weighted by molar-refractivity contribution is 8.00.